The highest BCUT2D eigenvalue weighted by atomic mass is 14.1. The van der Waals surface area contributed by atoms with E-state index < -0.39 is 0 Å². The fraction of sp³-hybridized carbons (Fsp3) is 0.875. The molecule has 0 nitrogen and oxygen atoms in total. The van der Waals surface area contributed by atoms with Gasteiger partial charge in [-0.3, -0.25) is 0 Å². The van der Waals surface area contributed by atoms with E-state index in [9.17, 15) is 0 Å². The van der Waals surface area contributed by atoms with Gasteiger partial charge in [0.05, 0.1) is 0 Å². The van der Waals surface area contributed by atoms with Crippen LogP contribution in [0.2, 0.25) is 0 Å². The predicted octanol–water partition coefficient (Wildman–Crippen LogP) is 6.12. The SMILES string of the molecule is C=CCC(CCC)CCCCCCCCC. The van der Waals surface area contributed by atoms with E-state index in [0.29, 0.717) is 0 Å². The van der Waals surface area contributed by atoms with Gasteiger partial charge in [-0.1, -0.05) is 84.1 Å². The van der Waals surface area contributed by atoms with Crippen LogP contribution < -0.4 is 0 Å². The van der Waals surface area contributed by atoms with Crippen LogP contribution in [-0.4, -0.2) is 0 Å². The average Bonchev–Trinajstić information content (AvgIpc) is 2.28. The maximum Gasteiger partial charge on any atom is -0.0325 e. The molecular weight excluding hydrogens is 192 g/mol. The molecule has 0 heteroatoms. The van der Waals surface area contributed by atoms with Crippen molar-refractivity contribution in [3.8, 4) is 0 Å². The maximum absolute atomic E-state index is 3.86. The third kappa shape index (κ3) is 10.3. The van der Waals surface area contributed by atoms with Crippen molar-refractivity contribution in [2.24, 2.45) is 5.92 Å². The summed E-state index contributed by atoms with van der Waals surface area (Å²) in [5, 5.41) is 0. The van der Waals surface area contributed by atoms with Gasteiger partial charge in [0.2, 0.25) is 0 Å². The Hall–Kier alpha value is -0.260. The lowest BCUT2D eigenvalue weighted by molar-refractivity contribution is 0.423. The number of rotatable bonds is 12. The smallest absolute Gasteiger partial charge is 0.0325 e. The van der Waals surface area contributed by atoms with E-state index in [2.05, 4.69) is 26.5 Å². The first-order chi connectivity index (χ1) is 7.85. The van der Waals surface area contributed by atoms with Crippen LogP contribution in [0.1, 0.15) is 84.5 Å². The number of hydrogen-bond donors (Lipinski definition) is 0. The van der Waals surface area contributed by atoms with Gasteiger partial charge in [0, 0.05) is 0 Å². The Kier molecular flexibility index (Phi) is 12.6. The fourth-order valence-electron chi connectivity index (χ4n) is 2.41. The Labute approximate surface area is 104 Å². The van der Waals surface area contributed by atoms with Crippen LogP contribution in [0.15, 0.2) is 12.7 Å². The molecule has 0 radical (unpaired) electrons. The standard InChI is InChI=1S/C16H32/c1-4-7-8-9-10-11-12-15-16(13-5-2)14-6-3/h5,16H,2,4,6-15H2,1,3H3. The van der Waals surface area contributed by atoms with E-state index in [0.717, 1.165) is 5.92 Å². The number of unbranched alkanes of at least 4 members (excludes halogenated alkanes) is 6. The number of allylic oxidation sites excluding steroid dienone is 1. The normalized spacial score (nSPS) is 12.6. The third-order valence-electron chi connectivity index (χ3n) is 3.41. The van der Waals surface area contributed by atoms with Crippen molar-refractivity contribution in [3.05, 3.63) is 12.7 Å². The molecule has 96 valence electrons. The average molecular weight is 224 g/mol. The van der Waals surface area contributed by atoms with Gasteiger partial charge in [-0.15, -0.1) is 6.58 Å². The van der Waals surface area contributed by atoms with Gasteiger partial charge in [0.25, 0.3) is 0 Å². The molecule has 0 aliphatic carbocycles. The van der Waals surface area contributed by atoms with Crippen molar-refractivity contribution >= 4 is 0 Å². The zero-order valence-electron chi connectivity index (χ0n) is 11.6. The first kappa shape index (κ1) is 15.7. The van der Waals surface area contributed by atoms with Crippen molar-refractivity contribution in [1.29, 1.82) is 0 Å². The second-order valence-corrected chi connectivity index (χ2v) is 5.09. The quantitative estimate of drug-likeness (QED) is 0.277. The summed E-state index contributed by atoms with van der Waals surface area (Å²) in [6.07, 6.45) is 17.5. The van der Waals surface area contributed by atoms with Gasteiger partial charge in [0.15, 0.2) is 0 Å². The molecule has 0 spiro atoms. The Balaban J connectivity index is 3.29. The summed E-state index contributed by atoms with van der Waals surface area (Å²) in [4.78, 5) is 0. The van der Waals surface area contributed by atoms with Crippen molar-refractivity contribution in [1.82, 2.24) is 0 Å². The molecule has 0 aromatic rings. The minimum absolute atomic E-state index is 0.915. The topological polar surface area (TPSA) is 0 Å². The van der Waals surface area contributed by atoms with Crippen molar-refractivity contribution in [3.63, 3.8) is 0 Å². The summed E-state index contributed by atoms with van der Waals surface area (Å²) in [7, 11) is 0. The molecule has 0 fully saturated rings. The second-order valence-electron chi connectivity index (χ2n) is 5.09. The molecule has 0 aliphatic heterocycles. The highest BCUT2D eigenvalue weighted by molar-refractivity contribution is 4.72. The van der Waals surface area contributed by atoms with Gasteiger partial charge in [-0.25, -0.2) is 0 Å². The lowest BCUT2D eigenvalue weighted by Crippen LogP contribution is -1.98. The van der Waals surface area contributed by atoms with Crippen LogP contribution in [0.4, 0.5) is 0 Å². The molecule has 1 unspecified atom stereocenters. The van der Waals surface area contributed by atoms with Gasteiger partial charge >= 0.3 is 0 Å². The molecule has 0 N–H and O–H groups in total. The molecule has 0 bridgehead atoms. The Morgan fingerprint density at radius 3 is 2.00 bits per heavy atom. The number of hydrogen-bond acceptors (Lipinski definition) is 0. The minimum atomic E-state index is 0.915. The molecule has 0 saturated heterocycles. The molecule has 0 aromatic carbocycles. The Morgan fingerprint density at radius 1 is 0.812 bits per heavy atom. The molecule has 0 aliphatic rings. The van der Waals surface area contributed by atoms with Crippen LogP contribution in [0.5, 0.6) is 0 Å². The molecule has 0 amide bonds. The monoisotopic (exact) mass is 224 g/mol. The summed E-state index contributed by atoms with van der Waals surface area (Å²) in [6.45, 7) is 8.44. The first-order valence-electron chi connectivity index (χ1n) is 7.46. The summed E-state index contributed by atoms with van der Waals surface area (Å²) in [5.41, 5.74) is 0. The van der Waals surface area contributed by atoms with E-state index in [4.69, 9.17) is 0 Å². The summed E-state index contributed by atoms with van der Waals surface area (Å²) < 4.78 is 0. The second kappa shape index (κ2) is 12.8. The Morgan fingerprint density at radius 2 is 1.44 bits per heavy atom. The molecule has 1 atom stereocenters. The first-order valence-corrected chi connectivity index (χ1v) is 7.46. The van der Waals surface area contributed by atoms with Crippen LogP contribution in [0.3, 0.4) is 0 Å². The largest absolute Gasteiger partial charge is 0.103 e. The van der Waals surface area contributed by atoms with Crippen LogP contribution in [-0.2, 0) is 0 Å². The highest BCUT2D eigenvalue weighted by Gasteiger charge is 2.04. The molecule has 0 heterocycles. The van der Waals surface area contributed by atoms with E-state index in [-0.39, 0.29) is 0 Å². The summed E-state index contributed by atoms with van der Waals surface area (Å²) in [6, 6.07) is 0. The molecular formula is C16H32. The zero-order valence-corrected chi connectivity index (χ0v) is 11.6. The van der Waals surface area contributed by atoms with Gasteiger partial charge < -0.3 is 0 Å². The van der Waals surface area contributed by atoms with Crippen LogP contribution in [0, 0.1) is 5.92 Å². The zero-order chi connectivity index (χ0) is 12.1. The molecule has 0 rings (SSSR count). The van der Waals surface area contributed by atoms with E-state index in [1.54, 1.807) is 0 Å². The predicted molar refractivity (Wildman–Crippen MR) is 75.8 cm³/mol. The van der Waals surface area contributed by atoms with Gasteiger partial charge in [0.1, 0.15) is 0 Å². The maximum atomic E-state index is 3.86. The Bertz CT molecular complexity index is 137. The van der Waals surface area contributed by atoms with Crippen molar-refractivity contribution in [2.45, 2.75) is 84.5 Å². The molecule has 0 aromatic heterocycles. The molecule has 16 heavy (non-hydrogen) atoms. The van der Waals surface area contributed by atoms with Crippen LogP contribution in [0.25, 0.3) is 0 Å². The van der Waals surface area contributed by atoms with Gasteiger partial charge in [-0.2, -0.15) is 0 Å². The van der Waals surface area contributed by atoms with E-state index in [1.165, 1.54) is 70.6 Å². The molecule has 0 saturated carbocycles. The lowest BCUT2D eigenvalue weighted by atomic mass is 9.93. The lowest BCUT2D eigenvalue weighted by Gasteiger charge is -2.13. The van der Waals surface area contributed by atoms with Crippen molar-refractivity contribution < 1.29 is 0 Å². The van der Waals surface area contributed by atoms with E-state index >= 15 is 0 Å². The van der Waals surface area contributed by atoms with E-state index in [1.807, 2.05) is 0 Å². The fourth-order valence-corrected chi connectivity index (χ4v) is 2.41. The highest BCUT2D eigenvalue weighted by Crippen LogP contribution is 2.20. The third-order valence-corrected chi connectivity index (χ3v) is 3.41. The van der Waals surface area contributed by atoms with Crippen molar-refractivity contribution in [2.75, 3.05) is 0 Å². The summed E-state index contributed by atoms with van der Waals surface area (Å²) >= 11 is 0. The minimum Gasteiger partial charge on any atom is -0.103 e. The summed E-state index contributed by atoms with van der Waals surface area (Å²) in [5.74, 6) is 0.915. The van der Waals surface area contributed by atoms with Crippen LogP contribution >= 0.6 is 0 Å². The van der Waals surface area contributed by atoms with Gasteiger partial charge in [-0.05, 0) is 12.3 Å².